The van der Waals surface area contributed by atoms with Crippen LogP contribution in [0.1, 0.15) is 49.1 Å². The van der Waals surface area contributed by atoms with Gasteiger partial charge in [0.15, 0.2) is 0 Å². The molecule has 0 aromatic heterocycles. The Morgan fingerprint density at radius 2 is 1.54 bits per heavy atom. The highest BCUT2D eigenvalue weighted by Gasteiger charge is 2.33. The van der Waals surface area contributed by atoms with E-state index >= 15 is 0 Å². The minimum Gasteiger partial charge on any atom is -0.390 e. The van der Waals surface area contributed by atoms with Gasteiger partial charge in [0.05, 0.1) is 12.0 Å². The minimum absolute atomic E-state index is 0.0382. The maximum absolute atomic E-state index is 13.0. The second-order valence-electron chi connectivity index (χ2n) is 8.17. The monoisotopic (exact) mass is 378 g/mol. The van der Waals surface area contributed by atoms with E-state index in [-0.39, 0.29) is 18.4 Å². The summed E-state index contributed by atoms with van der Waals surface area (Å²) in [6, 6.07) is 16.2. The van der Waals surface area contributed by atoms with Crippen LogP contribution in [0.3, 0.4) is 0 Å². The number of rotatable bonds is 7. The summed E-state index contributed by atoms with van der Waals surface area (Å²) >= 11 is 0. The van der Waals surface area contributed by atoms with Gasteiger partial charge in [-0.15, -0.1) is 0 Å². The van der Waals surface area contributed by atoms with E-state index in [9.17, 15) is 9.90 Å². The number of nitrogens with one attached hydrogen (secondary N) is 2. The molecule has 0 heterocycles. The van der Waals surface area contributed by atoms with E-state index in [1.165, 1.54) is 32.1 Å². The summed E-state index contributed by atoms with van der Waals surface area (Å²) in [7, 11) is 0. The number of carbonyl (C=O) groups excluding carboxylic acids is 1. The van der Waals surface area contributed by atoms with Crippen molar-refractivity contribution < 1.29 is 9.90 Å². The van der Waals surface area contributed by atoms with Crippen LogP contribution in [-0.4, -0.2) is 36.8 Å². The van der Waals surface area contributed by atoms with E-state index < -0.39 is 6.10 Å². The van der Waals surface area contributed by atoms with Crippen molar-refractivity contribution in [1.82, 2.24) is 10.6 Å². The van der Waals surface area contributed by atoms with Gasteiger partial charge in [-0.2, -0.15) is 0 Å². The number of hydrogen-bond acceptors (Lipinski definition) is 3. The van der Waals surface area contributed by atoms with E-state index in [0.717, 1.165) is 34.7 Å². The summed E-state index contributed by atoms with van der Waals surface area (Å²) in [6.07, 6.45) is 6.03. The number of hydrogen-bond donors (Lipinski definition) is 3. The van der Waals surface area contributed by atoms with Gasteiger partial charge in [-0.25, -0.2) is 0 Å². The number of amides is 1. The molecular formula is C24H30N2O2. The molecule has 2 aliphatic rings. The van der Waals surface area contributed by atoms with Gasteiger partial charge < -0.3 is 15.7 Å². The third kappa shape index (κ3) is 4.13. The normalized spacial score (nSPS) is 17.8. The predicted octanol–water partition coefficient (Wildman–Crippen LogP) is 3.45. The molecule has 4 nitrogen and oxygen atoms in total. The molecular weight excluding hydrogens is 348 g/mol. The number of carbonyl (C=O) groups is 1. The Morgan fingerprint density at radius 1 is 0.929 bits per heavy atom. The standard InChI is InChI=1S/C24H30N2O2/c27-18(15-25-14-17-8-2-1-3-9-17)16-26-24(28)23-21-12-6-4-10-19(21)20-11-5-7-13-22(20)23/h4-7,10-13,17-18,23,25,27H,1-3,8-9,14-16H2,(H,26,28). The molecule has 0 bridgehead atoms. The third-order valence-corrected chi connectivity index (χ3v) is 6.15. The summed E-state index contributed by atoms with van der Waals surface area (Å²) < 4.78 is 0. The fourth-order valence-electron chi connectivity index (χ4n) is 4.68. The van der Waals surface area contributed by atoms with Crippen LogP contribution in [0.25, 0.3) is 11.1 Å². The zero-order chi connectivity index (χ0) is 19.3. The Kier molecular flexibility index (Phi) is 6.08. The van der Waals surface area contributed by atoms with Gasteiger partial charge in [0.25, 0.3) is 0 Å². The molecule has 0 aliphatic heterocycles. The SMILES string of the molecule is O=C(NCC(O)CNCC1CCCCC1)C1c2ccccc2-c2ccccc21. The lowest BCUT2D eigenvalue weighted by Gasteiger charge is -2.23. The topological polar surface area (TPSA) is 61.4 Å². The smallest absolute Gasteiger partial charge is 0.232 e. The maximum Gasteiger partial charge on any atom is 0.232 e. The van der Waals surface area contributed by atoms with Crippen molar-refractivity contribution in [1.29, 1.82) is 0 Å². The van der Waals surface area contributed by atoms with E-state index in [4.69, 9.17) is 0 Å². The van der Waals surface area contributed by atoms with Crippen molar-refractivity contribution in [3.63, 3.8) is 0 Å². The van der Waals surface area contributed by atoms with Crippen molar-refractivity contribution in [2.45, 2.75) is 44.1 Å². The van der Waals surface area contributed by atoms with Crippen LogP contribution in [0.2, 0.25) is 0 Å². The third-order valence-electron chi connectivity index (χ3n) is 6.15. The summed E-state index contributed by atoms with van der Waals surface area (Å²) in [5, 5.41) is 16.6. The highest BCUT2D eigenvalue weighted by atomic mass is 16.3. The van der Waals surface area contributed by atoms with Crippen LogP contribution in [0.15, 0.2) is 48.5 Å². The average Bonchev–Trinajstić information content (AvgIpc) is 3.07. The molecule has 1 unspecified atom stereocenters. The largest absolute Gasteiger partial charge is 0.390 e. The number of aliphatic hydroxyl groups excluding tert-OH is 1. The molecule has 1 saturated carbocycles. The Balaban J connectivity index is 1.31. The summed E-state index contributed by atoms with van der Waals surface area (Å²) in [4.78, 5) is 13.0. The zero-order valence-electron chi connectivity index (χ0n) is 16.4. The fraction of sp³-hybridized carbons (Fsp3) is 0.458. The summed E-state index contributed by atoms with van der Waals surface area (Å²) in [5.41, 5.74) is 4.36. The maximum atomic E-state index is 13.0. The molecule has 2 aromatic rings. The first kappa shape index (κ1) is 19.2. The molecule has 1 atom stereocenters. The van der Waals surface area contributed by atoms with Crippen LogP contribution in [0.5, 0.6) is 0 Å². The molecule has 2 aromatic carbocycles. The van der Waals surface area contributed by atoms with Crippen molar-refractivity contribution in [3.8, 4) is 11.1 Å². The van der Waals surface area contributed by atoms with Crippen LogP contribution in [0.4, 0.5) is 0 Å². The lowest BCUT2D eigenvalue weighted by molar-refractivity contribution is -0.122. The van der Waals surface area contributed by atoms with Crippen molar-refractivity contribution in [3.05, 3.63) is 59.7 Å². The van der Waals surface area contributed by atoms with Crippen molar-refractivity contribution >= 4 is 5.91 Å². The molecule has 0 spiro atoms. The van der Waals surface area contributed by atoms with Crippen LogP contribution in [0, 0.1) is 5.92 Å². The molecule has 1 fully saturated rings. The Labute approximate surface area is 167 Å². The number of benzene rings is 2. The molecule has 1 amide bonds. The first-order chi connectivity index (χ1) is 13.7. The Bertz CT molecular complexity index is 768. The second kappa shape index (κ2) is 8.89. The van der Waals surface area contributed by atoms with Crippen LogP contribution >= 0.6 is 0 Å². The van der Waals surface area contributed by atoms with Crippen LogP contribution in [-0.2, 0) is 4.79 Å². The van der Waals surface area contributed by atoms with Gasteiger partial charge >= 0.3 is 0 Å². The quantitative estimate of drug-likeness (QED) is 0.692. The summed E-state index contributed by atoms with van der Waals surface area (Å²) in [5.74, 6) is 0.403. The minimum atomic E-state index is -0.570. The Morgan fingerprint density at radius 3 is 2.18 bits per heavy atom. The number of fused-ring (bicyclic) bond motifs is 3. The van der Waals surface area contributed by atoms with Crippen molar-refractivity contribution in [2.75, 3.05) is 19.6 Å². The van der Waals surface area contributed by atoms with E-state index in [2.05, 4.69) is 22.8 Å². The molecule has 2 aliphatic carbocycles. The fourth-order valence-corrected chi connectivity index (χ4v) is 4.68. The molecule has 4 rings (SSSR count). The van der Waals surface area contributed by atoms with Gasteiger partial charge in [-0.1, -0.05) is 67.8 Å². The average molecular weight is 379 g/mol. The lowest BCUT2D eigenvalue weighted by atomic mass is 9.89. The molecule has 0 radical (unpaired) electrons. The highest BCUT2D eigenvalue weighted by Crippen LogP contribution is 2.44. The van der Waals surface area contributed by atoms with Gasteiger partial charge in [-0.05, 0) is 47.6 Å². The lowest BCUT2D eigenvalue weighted by Crippen LogP contribution is -2.41. The molecule has 148 valence electrons. The first-order valence-corrected chi connectivity index (χ1v) is 10.6. The van der Waals surface area contributed by atoms with E-state index in [1.54, 1.807) is 0 Å². The Hall–Kier alpha value is -2.17. The van der Waals surface area contributed by atoms with Gasteiger partial charge in [0.1, 0.15) is 0 Å². The molecule has 3 N–H and O–H groups in total. The first-order valence-electron chi connectivity index (χ1n) is 10.6. The second-order valence-corrected chi connectivity index (χ2v) is 8.17. The van der Waals surface area contributed by atoms with Gasteiger partial charge in [0.2, 0.25) is 5.91 Å². The van der Waals surface area contributed by atoms with E-state index in [1.807, 2.05) is 36.4 Å². The van der Waals surface area contributed by atoms with Gasteiger partial charge in [-0.3, -0.25) is 4.79 Å². The zero-order valence-corrected chi connectivity index (χ0v) is 16.4. The molecule has 0 saturated heterocycles. The van der Waals surface area contributed by atoms with Gasteiger partial charge in [0, 0.05) is 13.1 Å². The van der Waals surface area contributed by atoms with E-state index in [0.29, 0.717) is 6.54 Å². The highest BCUT2D eigenvalue weighted by molar-refractivity contribution is 5.96. The number of aliphatic hydroxyl groups is 1. The molecule has 4 heteroatoms. The predicted molar refractivity (Wildman–Crippen MR) is 112 cm³/mol. The molecule has 28 heavy (non-hydrogen) atoms. The van der Waals surface area contributed by atoms with Crippen molar-refractivity contribution in [2.24, 2.45) is 5.92 Å². The summed E-state index contributed by atoms with van der Waals surface area (Å²) in [6.45, 7) is 1.76. The van der Waals surface area contributed by atoms with Crippen LogP contribution < -0.4 is 10.6 Å².